The first-order chi connectivity index (χ1) is 15.9. The Balaban J connectivity index is 2.01. The van der Waals surface area contributed by atoms with E-state index in [-0.39, 0.29) is 37.6 Å². The van der Waals surface area contributed by atoms with Crippen molar-refractivity contribution in [2.45, 2.75) is 26.4 Å². The fourth-order valence-electron chi connectivity index (χ4n) is 3.43. The predicted octanol–water partition coefficient (Wildman–Crippen LogP) is 4.26. The Kier molecular flexibility index (Phi) is 6.84. The number of nitro groups is 2. The van der Waals surface area contributed by atoms with Crippen molar-refractivity contribution in [2.24, 2.45) is 0 Å². The highest BCUT2D eigenvalue weighted by molar-refractivity contribution is 5.69. The first-order valence-corrected chi connectivity index (χ1v) is 10.3. The molecule has 1 aliphatic rings. The van der Waals surface area contributed by atoms with E-state index in [1.165, 1.54) is 27.1 Å². The highest BCUT2D eigenvalue weighted by Gasteiger charge is 2.31. The number of hydrazine groups is 1. The van der Waals surface area contributed by atoms with Crippen molar-refractivity contribution in [3.05, 3.63) is 68.3 Å². The Labute approximate surface area is 193 Å². The molecule has 1 aliphatic heterocycles. The molecule has 0 unspecified atom stereocenters. The van der Waals surface area contributed by atoms with Gasteiger partial charge in [0.25, 0.3) is 11.4 Å². The maximum Gasteiger partial charge on any atom is 0.410 e. The molecular weight excluding hydrogens is 456 g/mol. The number of rotatable bonds is 4. The van der Waals surface area contributed by atoms with Gasteiger partial charge in [0, 0.05) is 25.2 Å². The molecule has 11 nitrogen and oxygen atoms in total. The summed E-state index contributed by atoms with van der Waals surface area (Å²) in [5.74, 6) is -1.85. The second kappa shape index (κ2) is 9.45. The quantitative estimate of drug-likeness (QED) is 0.471. The molecule has 2 aromatic carbocycles. The van der Waals surface area contributed by atoms with Crippen LogP contribution in [0.4, 0.5) is 36.3 Å². The zero-order valence-corrected chi connectivity index (χ0v) is 18.7. The summed E-state index contributed by atoms with van der Waals surface area (Å²) in [6.07, 6.45) is -0.609. The number of halogens is 2. The molecule has 2 aromatic rings. The number of hydrogen-bond acceptors (Lipinski definition) is 8. The van der Waals surface area contributed by atoms with E-state index in [4.69, 9.17) is 4.74 Å². The van der Waals surface area contributed by atoms with E-state index in [9.17, 15) is 33.8 Å². The third-order valence-corrected chi connectivity index (χ3v) is 4.95. The van der Waals surface area contributed by atoms with Crippen molar-refractivity contribution in [2.75, 3.05) is 36.2 Å². The molecule has 0 aliphatic carbocycles. The number of benzene rings is 2. The summed E-state index contributed by atoms with van der Waals surface area (Å²) in [6.45, 7) is 5.27. The predicted molar refractivity (Wildman–Crippen MR) is 119 cm³/mol. The van der Waals surface area contributed by atoms with Crippen LogP contribution in [0.2, 0.25) is 0 Å². The minimum Gasteiger partial charge on any atom is -0.444 e. The van der Waals surface area contributed by atoms with Gasteiger partial charge in [0.1, 0.15) is 5.60 Å². The fourth-order valence-corrected chi connectivity index (χ4v) is 3.43. The van der Waals surface area contributed by atoms with E-state index in [1.54, 1.807) is 20.8 Å². The van der Waals surface area contributed by atoms with E-state index in [1.807, 2.05) is 0 Å². The number of hydrogen-bond donors (Lipinski definition) is 0. The lowest BCUT2D eigenvalue weighted by Crippen LogP contribution is -2.45. The lowest BCUT2D eigenvalue weighted by molar-refractivity contribution is -0.385. The van der Waals surface area contributed by atoms with Gasteiger partial charge in [-0.05, 0) is 32.9 Å². The summed E-state index contributed by atoms with van der Waals surface area (Å²) in [5.41, 5.74) is -1.85. The number of amides is 1. The van der Waals surface area contributed by atoms with Crippen LogP contribution in [0.25, 0.3) is 0 Å². The van der Waals surface area contributed by atoms with Crippen LogP contribution in [-0.2, 0) is 4.74 Å². The number of nitrogens with zero attached hydrogens (tertiary/aromatic N) is 5. The van der Waals surface area contributed by atoms with Crippen molar-refractivity contribution in [1.29, 1.82) is 0 Å². The van der Waals surface area contributed by atoms with Crippen molar-refractivity contribution in [1.82, 2.24) is 4.90 Å². The van der Waals surface area contributed by atoms with Gasteiger partial charge in [-0.15, -0.1) is 0 Å². The Morgan fingerprint density at radius 3 is 1.59 bits per heavy atom. The Morgan fingerprint density at radius 1 is 0.853 bits per heavy atom. The van der Waals surface area contributed by atoms with Crippen LogP contribution >= 0.6 is 0 Å². The number of carbonyl (C=O) groups is 1. The van der Waals surface area contributed by atoms with Crippen molar-refractivity contribution in [3.8, 4) is 0 Å². The van der Waals surface area contributed by atoms with Gasteiger partial charge in [-0.3, -0.25) is 30.2 Å². The molecule has 0 N–H and O–H groups in total. The van der Waals surface area contributed by atoms with Gasteiger partial charge >= 0.3 is 6.09 Å². The molecule has 0 radical (unpaired) electrons. The van der Waals surface area contributed by atoms with E-state index in [0.717, 1.165) is 24.3 Å². The van der Waals surface area contributed by atoms with Crippen LogP contribution in [0.1, 0.15) is 20.8 Å². The van der Waals surface area contributed by atoms with E-state index in [2.05, 4.69) is 0 Å². The summed E-state index contributed by atoms with van der Waals surface area (Å²) in [7, 11) is 0. The average molecular weight is 479 g/mol. The number of ether oxygens (including phenoxy) is 1. The number of nitro benzene ring substituents is 2. The lowest BCUT2D eigenvalue weighted by Gasteiger charge is -2.36. The minimum absolute atomic E-state index is 0.00952. The molecule has 0 bridgehead atoms. The second-order valence-corrected chi connectivity index (χ2v) is 8.50. The monoisotopic (exact) mass is 479 g/mol. The van der Waals surface area contributed by atoms with E-state index < -0.39 is 44.6 Å². The highest BCUT2D eigenvalue weighted by Crippen LogP contribution is 2.32. The molecule has 13 heteroatoms. The number of non-ortho nitro benzene ring substituents is 2. The van der Waals surface area contributed by atoms with Gasteiger partial charge in [0.2, 0.25) is 0 Å². The molecule has 182 valence electrons. The average Bonchev–Trinajstić information content (AvgIpc) is 2.95. The van der Waals surface area contributed by atoms with Crippen LogP contribution < -0.4 is 10.0 Å². The fraction of sp³-hybridized carbons (Fsp3) is 0.381. The summed E-state index contributed by atoms with van der Waals surface area (Å²) in [6, 6.07) is 6.09. The zero-order chi connectivity index (χ0) is 25.2. The molecule has 3 rings (SSSR count). The van der Waals surface area contributed by atoms with Crippen LogP contribution in [0.5, 0.6) is 0 Å². The highest BCUT2D eigenvalue weighted by atomic mass is 19.1. The van der Waals surface area contributed by atoms with Crippen LogP contribution in [-0.4, -0.2) is 52.6 Å². The third-order valence-electron chi connectivity index (χ3n) is 4.95. The van der Waals surface area contributed by atoms with E-state index in [0.29, 0.717) is 0 Å². The molecule has 0 aromatic heterocycles. The van der Waals surface area contributed by atoms with Crippen LogP contribution in [0.15, 0.2) is 36.4 Å². The van der Waals surface area contributed by atoms with Gasteiger partial charge in [-0.1, -0.05) is 0 Å². The summed E-state index contributed by atoms with van der Waals surface area (Å²) < 4.78 is 35.2. The summed E-state index contributed by atoms with van der Waals surface area (Å²) in [5, 5.41) is 24.7. The Bertz CT molecular complexity index is 1050. The largest absolute Gasteiger partial charge is 0.444 e. The Hall–Kier alpha value is -4.03. The summed E-state index contributed by atoms with van der Waals surface area (Å²) in [4.78, 5) is 34.5. The van der Waals surface area contributed by atoms with Gasteiger partial charge in [0.15, 0.2) is 11.6 Å². The second-order valence-electron chi connectivity index (χ2n) is 8.50. The van der Waals surface area contributed by atoms with Crippen molar-refractivity contribution < 1.29 is 28.2 Å². The lowest BCUT2D eigenvalue weighted by atomic mass is 10.2. The molecule has 34 heavy (non-hydrogen) atoms. The minimum atomic E-state index is -0.924. The first-order valence-electron chi connectivity index (χ1n) is 10.3. The normalized spacial score (nSPS) is 14.6. The van der Waals surface area contributed by atoms with Gasteiger partial charge in [-0.2, -0.15) is 0 Å². The molecule has 0 saturated carbocycles. The van der Waals surface area contributed by atoms with Crippen molar-refractivity contribution in [3.63, 3.8) is 0 Å². The number of carbonyl (C=O) groups excluding carboxylic acids is 1. The molecule has 1 amide bonds. The summed E-state index contributed by atoms with van der Waals surface area (Å²) >= 11 is 0. The Morgan fingerprint density at radius 2 is 1.26 bits per heavy atom. The maximum atomic E-state index is 14.9. The first kappa shape index (κ1) is 24.6. The van der Waals surface area contributed by atoms with Crippen LogP contribution in [0.3, 0.4) is 0 Å². The zero-order valence-electron chi connectivity index (χ0n) is 18.7. The third kappa shape index (κ3) is 5.47. The SMILES string of the molecule is CC(C)(C)OC(=O)N1CCN(c2ccc([N+](=O)[O-])cc2F)N(c2ccc([N+](=O)[O-])cc2F)CC1. The van der Waals surface area contributed by atoms with Gasteiger partial charge in [-0.25, -0.2) is 13.6 Å². The maximum absolute atomic E-state index is 14.9. The number of anilines is 2. The molecule has 1 heterocycles. The van der Waals surface area contributed by atoms with Crippen molar-refractivity contribution >= 4 is 28.8 Å². The molecule has 1 saturated heterocycles. The van der Waals surface area contributed by atoms with Crippen LogP contribution in [0, 0.1) is 31.9 Å². The molecular formula is C21H23F2N5O6. The molecule has 0 spiro atoms. The smallest absolute Gasteiger partial charge is 0.410 e. The topological polar surface area (TPSA) is 122 Å². The molecule has 1 fully saturated rings. The van der Waals surface area contributed by atoms with E-state index >= 15 is 0 Å². The van der Waals surface area contributed by atoms with Gasteiger partial charge < -0.3 is 9.64 Å². The molecule has 0 atom stereocenters. The van der Waals surface area contributed by atoms with Gasteiger partial charge in [0.05, 0.1) is 46.4 Å². The standard InChI is InChI=1S/C21H23F2N5O6/c1-21(2,3)34-20(29)24-8-10-25(18-6-4-14(27(30)31)12-16(18)22)26(11-9-24)19-7-5-15(28(32)33)13-17(19)23/h4-7,12-13H,8-11H2,1-3H3.